The van der Waals surface area contributed by atoms with Crippen molar-refractivity contribution in [1.82, 2.24) is 4.98 Å². The van der Waals surface area contributed by atoms with Gasteiger partial charge >= 0.3 is 0 Å². The summed E-state index contributed by atoms with van der Waals surface area (Å²) < 4.78 is 3.50. The minimum Gasteiger partial charge on any atom is -0.507 e. The number of hydrogen-bond donors (Lipinski definition) is 2. The van der Waals surface area contributed by atoms with E-state index < -0.39 is 0 Å². The maximum atomic E-state index is 9.82. The number of benzene rings is 1. The van der Waals surface area contributed by atoms with E-state index in [1.165, 1.54) is 0 Å². The van der Waals surface area contributed by atoms with Crippen LogP contribution in [0.25, 0.3) is 11.3 Å². The fraction of sp³-hybridized carbons (Fsp3) is 0. The molecule has 1 aromatic carbocycles. The second-order valence-electron chi connectivity index (χ2n) is 3.10. The summed E-state index contributed by atoms with van der Waals surface area (Å²) in [5, 5.41) is 9.82. The number of aromatic nitrogens is 1. The molecule has 0 spiro atoms. The number of halogens is 4. The van der Waals surface area contributed by atoms with Crippen LogP contribution < -0.4 is 0 Å². The van der Waals surface area contributed by atoms with Crippen LogP contribution in [0.2, 0.25) is 0 Å². The average Bonchev–Trinajstić information content (AvgIpc) is 2.50. The van der Waals surface area contributed by atoms with Crippen molar-refractivity contribution in [3.8, 4) is 17.0 Å². The van der Waals surface area contributed by atoms with E-state index in [1.54, 1.807) is 12.1 Å². The lowest BCUT2D eigenvalue weighted by Gasteiger charge is -2.04. The zero-order valence-electron chi connectivity index (χ0n) is 7.69. The van der Waals surface area contributed by atoms with Crippen LogP contribution in [0.1, 0.15) is 0 Å². The molecule has 2 rings (SSSR count). The maximum Gasteiger partial charge on any atom is 0.125 e. The highest BCUT2D eigenvalue weighted by atomic mass is 79.9. The molecule has 0 aliphatic heterocycles. The number of phenolic OH excluding ortho intramolecular Hbond substituents is 1. The largest absolute Gasteiger partial charge is 0.507 e. The van der Waals surface area contributed by atoms with Gasteiger partial charge in [-0.3, -0.25) is 0 Å². The van der Waals surface area contributed by atoms with Gasteiger partial charge in [0.2, 0.25) is 0 Å². The predicted molar refractivity (Wildman–Crippen MR) is 78.7 cm³/mol. The second kappa shape index (κ2) is 4.84. The van der Waals surface area contributed by atoms with E-state index in [2.05, 4.69) is 68.7 Å². The van der Waals surface area contributed by atoms with Crippen LogP contribution >= 0.6 is 63.7 Å². The van der Waals surface area contributed by atoms with Crippen LogP contribution in [0, 0.1) is 0 Å². The first-order valence-electron chi connectivity index (χ1n) is 4.22. The molecule has 0 saturated heterocycles. The Morgan fingerprint density at radius 3 is 2.25 bits per heavy atom. The Bertz CT molecular complexity index is 550. The van der Waals surface area contributed by atoms with E-state index in [1.807, 2.05) is 6.07 Å². The Morgan fingerprint density at radius 2 is 1.69 bits per heavy atom. The quantitative estimate of drug-likeness (QED) is 0.567. The summed E-state index contributed by atoms with van der Waals surface area (Å²) in [7, 11) is 0. The molecule has 0 fully saturated rings. The summed E-state index contributed by atoms with van der Waals surface area (Å²) >= 11 is 13.6. The third-order valence-electron chi connectivity index (χ3n) is 2.07. The Kier molecular flexibility index (Phi) is 3.83. The number of nitrogens with one attached hydrogen (secondary N) is 1. The zero-order valence-corrected chi connectivity index (χ0v) is 14.0. The first-order valence-corrected chi connectivity index (χ1v) is 7.39. The molecule has 0 bridgehead atoms. The molecule has 0 saturated carbocycles. The van der Waals surface area contributed by atoms with Gasteiger partial charge in [0.1, 0.15) is 5.75 Å². The monoisotopic (exact) mass is 471 g/mol. The molecule has 2 N–H and O–H groups in total. The first-order chi connectivity index (χ1) is 7.50. The smallest absolute Gasteiger partial charge is 0.125 e. The summed E-state index contributed by atoms with van der Waals surface area (Å²) in [5.41, 5.74) is 1.55. The molecular weight excluding hydrogens is 470 g/mol. The van der Waals surface area contributed by atoms with Crippen molar-refractivity contribution in [2.24, 2.45) is 0 Å². The molecule has 0 amide bonds. The molecule has 1 aromatic heterocycles. The van der Waals surface area contributed by atoms with E-state index in [4.69, 9.17) is 0 Å². The van der Waals surface area contributed by atoms with Crippen molar-refractivity contribution in [2.75, 3.05) is 0 Å². The second-order valence-corrected chi connectivity index (χ2v) is 6.40. The van der Waals surface area contributed by atoms with Crippen LogP contribution in [0.15, 0.2) is 36.2 Å². The first kappa shape index (κ1) is 12.7. The van der Waals surface area contributed by atoms with Gasteiger partial charge in [0, 0.05) is 10.0 Å². The van der Waals surface area contributed by atoms with Gasteiger partial charge in [-0.05, 0) is 66.0 Å². The molecule has 16 heavy (non-hydrogen) atoms. The van der Waals surface area contributed by atoms with E-state index in [0.717, 1.165) is 29.3 Å². The van der Waals surface area contributed by atoms with Gasteiger partial charge in [-0.15, -0.1) is 0 Å². The van der Waals surface area contributed by atoms with E-state index in [9.17, 15) is 5.11 Å². The van der Waals surface area contributed by atoms with E-state index in [-0.39, 0.29) is 5.75 Å². The van der Waals surface area contributed by atoms with Gasteiger partial charge in [-0.1, -0.05) is 15.9 Å². The van der Waals surface area contributed by atoms with Gasteiger partial charge < -0.3 is 10.1 Å². The molecule has 84 valence electrons. The van der Waals surface area contributed by atoms with Gasteiger partial charge in [0.05, 0.1) is 19.2 Å². The van der Waals surface area contributed by atoms with Gasteiger partial charge in [-0.25, -0.2) is 0 Å². The lowest BCUT2D eigenvalue weighted by Crippen LogP contribution is -1.80. The Hall–Kier alpha value is 0.220. The maximum absolute atomic E-state index is 9.82. The van der Waals surface area contributed by atoms with E-state index in [0.29, 0.717) is 0 Å². The third-order valence-corrected chi connectivity index (χ3v) is 5.81. The molecule has 0 aliphatic rings. The average molecular weight is 475 g/mol. The molecule has 0 unspecified atom stereocenters. The lowest BCUT2D eigenvalue weighted by molar-refractivity contribution is 0.477. The Balaban J connectivity index is 2.67. The minimum absolute atomic E-state index is 0.227. The van der Waals surface area contributed by atoms with Gasteiger partial charge in [0.15, 0.2) is 0 Å². The number of aromatic hydroxyl groups is 1. The summed E-state index contributed by atoms with van der Waals surface area (Å²) in [4.78, 5) is 3.14. The lowest BCUT2D eigenvalue weighted by atomic mass is 10.1. The van der Waals surface area contributed by atoms with Crippen molar-refractivity contribution in [1.29, 1.82) is 0 Å². The van der Waals surface area contributed by atoms with Crippen LogP contribution in [0.5, 0.6) is 5.75 Å². The Morgan fingerprint density at radius 1 is 1.00 bits per heavy atom. The fourth-order valence-electron chi connectivity index (χ4n) is 1.32. The van der Waals surface area contributed by atoms with Crippen molar-refractivity contribution < 1.29 is 5.11 Å². The molecule has 2 nitrogen and oxygen atoms in total. The SMILES string of the molecule is Oc1ccc(Br)cc1-c1[nH]c(Br)c(Br)c1Br. The standard InChI is InChI=1S/C10H5Br4NO/c11-4-1-2-6(16)5(3-4)9-7(12)8(13)10(14)15-9/h1-3,15-16H. The molecule has 6 heteroatoms. The van der Waals surface area contributed by atoms with Crippen LogP contribution in [-0.2, 0) is 0 Å². The van der Waals surface area contributed by atoms with Gasteiger partial charge in [0.25, 0.3) is 0 Å². The summed E-state index contributed by atoms with van der Waals surface area (Å²) in [6.07, 6.45) is 0. The van der Waals surface area contributed by atoms with Crippen molar-refractivity contribution in [3.05, 3.63) is 36.2 Å². The summed E-state index contributed by atoms with van der Waals surface area (Å²) in [6, 6.07) is 5.29. The predicted octanol–water partition coefficient (Wildman–Crippen LogP) is 5.44. The third kappa shape index (κ3) is 2.25. The number of hydrogen-bond acceptors (Lipinski definition) is 1. The zero-order chi connectivity index (χ0) is 11.9. The molecular formula is C10H5Br4NO. The normalized spacial score (nSPS) is 10.8. The van der Waals surface area contributed by atoms with Crippen molar-refractivity contribution in [2.45, 2.75) is 0 Å². The number of phenols is 1. The number of aromatic amines is 1. The highest BCUT2D eigenvalue weighted by Gasteiger charge is 2.16. The molecule has 0 aliphatic carbocycles. The van der Waals surface area contributed by atoms with E-state index >= 15 is 0 Å². The van der Waals surface area contributed by atoms with Gasteiger partial charge in [-0.2, -0.15) is 0 Å². The van der Waals surface area contributed by atoms with Crippen LogP contribution in [0.4, 0.5) is 0 Å². The minimum atomic E-state index is 0.227. The molecule has 2 aromatic rings. The van der Waals surface area contributed by atoms with Crippen molar-refractivity contribution in [3.63, 3.8) is 0 Å². The molecule has 1 heterocycles. The topological polar surface area (TPSA) is 36.0 Å². The summed E-state index contributed by atoms with van der Waals surface area (Å²) in [5.74, 6) is 0.227. The summed E-state index contributed by atoms with van der Waals surface area (Å²) in [6.45, 7) is 0. The Labute approximate surface area is 126 Å². The number of rotatable bonds is 1. The highest BCUT2D eigenvalue weighted by Crippen LogP contribution is 2.42. The van der Waals surface area contributed by atoms with Crippen LogP contribution in [-0.4, -0.2) is 10.1 Å². The molecule has 0 atom stereocenters. The van der Waals surface area contributed by atoms with Crippen molar-refractivity contribution >= 4 is 63.7 Å². The highest BCUT2D eigenvalue weighted by molar-refractivity contribution is 9.14. The number of H-pyrrole nitrogens is 1. The fourth-order valence-corrected chi connectivity index (χ4v) is 3.15. The van der Waals surface area contributed by atoms with Crippen LogP contribution in [0.3, 0.4) is 0 Å². The molecule has 0 radical (unpaired) electrons.